The molecule has 0 aliphatic carbocycles. The zero-order valence-electron chi connectivity index (χ0n) is 11.5. The fourth-order valence-corrected chi connectivity index (χ4v) is 2.11. The van der Waals surface area contributed by atoms with Crippen LogP contribution in [0.3, 0.4) is 0 Å². The van der Waals surface area contributed by atoms with Gasteiger partial charge in [-0.3, -0.25) is 10.1 Å². The Hall–Kier alpha value is -2.35. The zero-order chi connectivity index (χ0) is 15.2. The van der Waals surface area contributed by atoms with Gasteiger partial charge in [-0.05, 0) is 24.0 Å². The molecule has 110 valence electrons. The molecule has 2 N–H and O–H groups in total. The zero-order valence-corrected chi connectivity index (χ0v) is 12.4. The Labute approximate surface area is 125 Å². The van der Waals surface area contributed by atoms with Crippen LogP contribution in [0, 0.1) is 0 Å². The van der Waals surface area contributed by atoms with E-state index in [1.165, 1.54) is 24.9 Å². The summed E-state index contributed by atoms with van der Waals surface area (Å²) in [6.45, 7) is 1.98. The Morgan fingerprint density at radius 3 is 2.86 bits per heavy atom. The number of ether oxygens (including phenoxy) is 1. The van der Waals surface area contributed by atoms with Crippen molar-refractivity contribution in [1.82, 2.24) is 15.2 Å². The third-order valence-corrected chi connectivity index (χ3v) is 3.25. The molecule has 0 bridgehead atoms. The predicted octanol–water partition coefficient (Wildman–Crippen LogP) is 1.96. The van der Waals surface area contributed by atoms with Gasteiger partial charge in [-0.25, -0.2) is 9.89 Å². The van der Waals surface area contributed by atoms with Gasteiger partial charge in [-0.2, -0.15) is 4.98 Å². The van der Waals surface area contributed by atoms with Crippen molar-refractivity contribution in [3.63, 3.8) is 0 Å². The number of methoxy groups -OCH3 is 1. The molecule has 1 aromatic carbocycles. The summed E-state index contributed by atoms with van der Waals surface area (Å²) in [5, 5.41) is 9.74. The van der Waals surface area contributed by atoms with Gasteiger partial charge in [-0.1, -0.05) is 24.8 Å². The van der Waals surface area contributed by atoms with Gasteiger partial charge in [0.15, 0.2) is 0 Å². The molecule has 1 heterocycles. The van der Waals surface area contributed by atoms with Crippen LogP contribution in [0.4, 0.5) is 5.95 Å². The Morgan fingerprint density at radius 1 is 1.38 bits per heavy atom. The van der Waals surface area contributed by atoms with E-state index in [0.717, 1.165) is 5.75 Å². The molecule has 2 rings (SSSR count). The summed E-state index contributed by atoms with van der Waals surface area (Å²) in [7, 11) is 1.29. The lowest BCUT2D eigenvalue weighted by Crippen LogP contribution is -2.14. The Bertz CT molecular complexity index is 656. The van der Waals surface area contributed by atoms with Crippen LogP contribution in [0.2, 0.25) is 0 Å². The molecule has 0 aliphatic heterocycles. The second kappa shape index (κ2) is 6.89. The van der Waals surface area contributed by atoms with Crippen LogP contribution in [-0.4, -0.2) is 39.9 Å². The van der Waals surface area contributed by atoms with Crippen molar-refractivity contribution >= 4 is 29.6 Å². The molecule has 0 aliphatic rings. The smallest absolute Gasteiger partial charge is 0.337 e. The van der Waals surface area contributed by atoms with Crippen molar-refractivity contribution in [2.24, 2.45) is 0 Å². The van der Waals surface area contributed by atoms with Gasteiger partial charge in [0.2, 0.25) is 11.1 Å². The van der Waals surface area contributed by atoms with Gasteiger partial charge in [0, 0.05) is 5.56 Å². The molecular formula is C13H14N4O3S. The minimum atomic E-state index is -0.494. The fourth-order valence-electron chi connectivity index (χ4n) is 1.58. The van der Waals surface area contributed by atoms with Crippen molar-refractivity contribution in [1.29, 1.82) is 0 Å². The highest BCUT2D eigenvalue weighted by Crippen LogP contribution is 2.14. The Morgan fingerprint density at radius 2 is 2.14 bits per heavy atom. The van der Waals surface area contributed by atoms with Crippen LogP contribution in [0.25, 0.3) is 0 Å². The summed E-state index contributed by atoms with van der Waals surface area (Å²) in [5.41, 5.74) is 0.643. The van der Waals surface area contributed by atoms with Gasteiger partial charge in [-0.15, -0.1) is 5.10 Å². The number of hydrogen-bond acceptors (Lipinski definition) is 6. The minimum Gasteiger partial charge on any atom is -0.465 e. The van der Waals surface area contributed by atoms with Crippen LogP contribution in [-0.2, 0) is 4.74 Å². The highest BCUT2D eigenvalue weighted by atomic mass is 32.2. The maximum Gasteiger partial charge on any atom is 0.337 e. The number of carbonyl (C=O) groups excluding carboxylic acids is 2. The number of thioether (sulfide) groups is 1. The lowest BCUT2D eigenvalue weighted by atomic mass is 10.1. The predicted molar refractivity (Wildman–Crippen MR) is 78.5 cm³/mol. The van der Waals surface area contributed by atoms with E-state index in [-0.39, 0.29) is 11.9 Å². The lowest BCUT2D eigenvalue weighted by Gasteiger charge is -2.03. The summed E-state index contributed by atoms with van der Waals surface area (Å²) < 4.78 is 4.62. The fraction of sp³-hybridized carbons (Fsp3) is 0.231. The van der Waals surface area contributed by atoms with Crippen LogP contribution < -0.4 is 5.32 Å². The number of esters is 1. The number of hydrogen-bond donors (Lipinski definition) is 2. The molecule has 0 radical (unpaired) electrons. The monoisotopic (exact) mass is 306 g/mol. The molecule has 0 spiro atoms. The van der Waals surface area contributed by atoms with Crippen LogP contribution in [0.1, 0.15) is 27.6 Å². The van der Waals surface area contributed by atoms with Crippen molar-refractivity contribution in [2.75, 3.05) is 18.2 Å². The molecule has 1 aromatic heterocycles. The van der Waals surface area contributed by atoms with Gasteiger partial charge in [0.25, 0.3) is 5.91 Å². The molecule has 1 amide bonds. The summed E-state index contributed by atoms with van der Waals surface area (Å²) in [6.07, 6.45) is 0. The van der Waals surface area contributed by atoms with Crippen molar-refractivity contribution in [2.45, 2.75) is 12.1 Å². The quantitative estimate of drug-likeness (QED) is 0.647. The summed E-state index contributed by atoms with van der Waals surface area (Å²) in [6, 6.07) is 6.24. The molecule has 0 fully saturated rings. The number of H-pyrrole nitrogens is 1. The number of anilines is 1. The largest absolute Gasteiger partial charge is 0.465 e. The van der Waals surface area contributed by atoms with E-state index in [4.69, 9.17) is 0 Å². The normalized spacial score (nSPS) is 10.2. The van der Waals surface area contributed by atoms with E-state index < -0.39 is 5.97 Å². The maximum atomic E-state index is 12.1. The third kappa shape index (κ3) is 3.82. The second-order valence-electron chi connectivity index (χ2n) is 3.93. The molecule has 21 heavy (non-hydrogen) atoms. The number of carbonyl (C=O) groups is 2. The number of benzene rings is 1. The van der Waals surface area contributed by atoms with Crippen molar-refractivity contribution < 1.29 is 14.3 Å². The molecule has 0 atom stereocenters. The summed E-state index contributed by atoms with van der Waals surface area (Å²) in [4.78, 5) is 27.6. The van der Waals surface area contributed by atoms with E-state index in [9.17, 15) is 9.59 Å². The van der Waals surface area contributed by atoms with E-state index in [2.05, 4.69) is 25.2 Å². The molecular weight excluding hydrogens is 292 g/mol. The average molecular weight is 306 g/mol. The molecule has 2 aromatic rings. The van der Waals surface area contributed by atoms with Crippen molar-refractivity contribution in [3.05, 3.63) is 35.4 Å². The van der Waals surface area contributed by atoms with Crippen LogP contribution in [0.15, 0.2) is 29.4 Å². The summed E-state index contributed by atoms with van der Waals surface area (Å²) in [5.74, 6) is 0.224. The van der Waals surface area contributed by atoms with E-state index in [1.54, 1.807) is 18.2 Å². The van der Waals surface area contributed by atoms with E-state index in [1.807, 2.05) is 6.92 Å². The first-order chi connectivity index (χ1) is 10.1. The first-order valence-electron chi connectivity index (χ1n) is 6.19. The molecule has 0 saturated heterocycles. The number of rotatable bonds is 5. The maximum absolute atomic E-state index is 12.1. The Balaban J connectivity index is 2.10. The first kappa shape index (κ1) is 15.0. The molecule has 0 saturated carbocycles. The van der Waals surface area contributed by atoms with Gasteiger partial charge >= 0.3 is 5.97 Å². The standard InChI is InChI=1S/C13H14N4O3S/c1-3-21-13-15-12(16-17-13)14-10(18)8-5-4-6-9(7-8)11(19)20-2/h4-7H,3H2,1-2H3,(H2,14,15,16,17,18). The third-order valence-electron chi connectivity index (χ3n) is 2.52. The van der Waals surface area contributed by atoms with Crippen LogP contribution >= 0.6 is 11.8 Å². The average Bonchev–Trinajstić information content (AvgIpc) is 2.94. The van der Waals surface area contributed by atoms with E-state index in [0.29, 0.717) is 16.3 Å². The second-order valence-corrected chi connectivity index (χ2v) is 5.16. The molecule has 8 heteroatoms. The number of nitrogens with zero attached hydrogens (tertiary/aromatic N) is 2. The van der Waals surface area contributed by atoms with Gasteiger partial charge in [0.1, 0.15) is 0 Å². The van der Waals surface area contributed by atoms with Gasteiger partial charge in [0.05, 0.1) is 12.7 Å². The number of aromatic nitrogens is 3. The highest BCUT2D eigenvalue weighted by molar-refractivity contribution is 7.99. The van der Waals surface area contributed by atoms with E-state index >= 15 is 0 Å². The Kier molecular flexibility index (Phi) is 4.94. The highest BCUT2D eigenvalue weighted by Gasteiger charge is 2.12. The minimum absolute atomic E-state index is 0.263. The van der Waals surface area contributed by atoms with Crippen LogP contribution in [0.5, 0.6) is 0 Å². The number of nitrogens with one attached hydrogen (secondary N) is 2. The molecule has 0 unspecified atom stereocenters. The van der Waals surface area contributed by atoms with Gasteiger partial charge < -0.3 is 4.74 Å². The SMILES string of the molecule is CCSc1n[nH]c(NC(=O)c2cccc(C(=O)OC)c2)n1. The number of amides is 1. The molecule has 7 nitrogen and oxygen atoms in total. The topological polar surface area (TPSA) is 97.0 Å². The van der Waals surface area contributed by atoms with Crippen molar-refractivity contribution in [3.8, 4) is 0 Å². The lowest BCUT2D eigenvalue weighted by molar-refractivity contribution is 0.0600. The number of aromatic amines is 1. The first-order valence-corrected chi connectivity index (χ1v) is 7.17. The summed E-state index contributed by atoms with van der Waals surface area (Å²) >= 11 is 1.46.